The largest absolute Gasteiger partial charge is 0.178 e. The number of aromatic nitrogens is 2. The molecular formula is C6H9IN2S2. The average molecular weight is 300 g/mol. The van der Waals surface area contributed by atoms with Crippen molar-refractivity contribution in [3.05, 3.63) is 8.02 Å². The molecule has 0 radical (unpaired) electrons. The first-order valence-corrected chi connectivity index (χ1v) is 6.50. The Morgan fingerprint density at radius 3 is 2.82 bits per heavy atom. The summed E-state index contributed by atoms with van der Waals surface area (Å²) in [4.78, 5) is 0. The summed E-state index contributed by atoms with van der Waals surface area (Å²) in [5.41, 5.74) is 0. The van der Waals surface area contributed by atoms with Gasteiger partial charge in [-0.05, 0) is 28.8 Å². The molecule has 1 heterocycles. The molecule has 1 rings (SSSR count). The van der Waals surface area contributed by atoms with E-state index in [1.54, 1.807) is 11.3 Å². The van der Waals surface area contributed by atoms with Crippen LogP contribution in [-0.2, 0) is 0 Å². The van der Waals surface area contributed by atoms with Gasteiger partial charge in [0.2, 0.25) is 0 Å². The zero-order valence-corrected chi connectivity index (χ0v) is 10.2. The smallest absolute Gasteiger partial charge is 0.165 e. The number of thioether (sulfide) groups is 1. The molecule has 0 aliphatic heterocycles. The van der Waals surface area contributed by atoms with Gasteiger partial charge in [0.1, 0.15) is 5.01 Å². The van der Waals surface area contributed by atoms with Crippen molar-refractivity contribution in [2.45, 2.75) is 12.8 Å². The third-order valence-electron chi connectivity index (χ3n) is 1.25. The van der Waals surface area contributed by atoms with E-state index in [2.05, 4.69) is 46.0 Å². The van der Waals surface area contributed by atoms with Crippen molar-refractivity contribution in [2.24, 2.45) is 0 Å². The van der Waals surface area contributed by atoms with E-state index in [1.165, 1.54) is 0 Å². The summed E-state index contributed by atoms with van der Waals surface area (Å²) in [7, 11) is 0. The van der Waals surface area contributed by atoms with Gasteiger partial charge < -0.3 is 0 Å². The normalized spacial score (nSPS) is 13.4. The number of nitrogens with zero attached hydrogens (tertiary/aromatic N) is 2. The first-order valence-electron chi connectivity index (χ1n) is 3.22. The second-order valence-electron chi connectivity index (χ2n) is 2.25. The summed E-state index contributed by atoms with van der Waals surface area (Å²) >= 11 is 5.74. The zero-order valence-electron chi connectivity index (χ0n) is 6.37. The Bertz CT molecular complexity index is 226. The molecule has 0 aliphatic rings. The van der Waals surface area contributed by atoms with Crippen molar-refractivity contribution >= 4 is 45.7 Å². The van der Waals surface area contributed by atoms with Gasteiger partial charge in [0.05, 0.1) is 0 Å². The van der Waals surface area contributed by atoms with Crippen LogP contribution in [0.1, 0.15) is 17.8 Å². The van der Waals surface area contributed by atoms with E-state index in [9.17, 15) is 0 Å². The van der Waals surface area contributed by atoms with Crippen LogP contribution in [0.15, 0.2) is 0 Å². The van der Waals surface area contributed by atoms with E-state index in [-0.39, 0.29) is 0 Å². The maximum atomic E-state index is 4.08. The third kappa shape index (κ3) is 2.87. The molecule has 0 N–H and O–H groups in total. The number of rotatable bonds is 3. The second-order valence-corrected chi connectivity index (χ2v) is 5.92. The third-order valence-corrected chi connectivity index (χ3v) is 3.91. The van der Waals surface area contributed by atoms with E-state index in [1.807, 2.05) is 11.8 Å². The van der Waals surface area contributed by atoms with Gasteiger partial charge >= 0.3 is 0 Å². The van der Waals surface area contributed by atoms with Crippen LogP contribution >= 0.6 is 45.7 Å². The van der Waals surface area contributed by atoms with Crippen LogP contribution < -0.4 is 0 Å². The van der Waals surface area contributed by atoms with Gasteiger partial charge in [-0.3, -0.25) is 0 Å². The van der Waals surface area contributed by atoms with E-state index in [0.717, 1.165) is 13.8 Å². The van der Waals surface area contributed by atoms with Crippen LogP contribution in [0.5, 0.6) is 0 Å². The SMILES string of the molecule is CSCC(C)c1nnc(I)s1. The highest BCUT2D eigenvalue weighted by Crippen LogP contribution is 2.22. The van der Waals surface area contributed by atoms with Crippen molar-refractivity contribution in [3.63, 3.8) is 0 Å². The summed E-state index contributed by atoms with van der Waals surface area (Å²) in [5, 5.41) is 9.20. The Labute approximate surface area is 88.3 Å². The van der Waals surface area contributed by atoms with E-state index in [4.69, 9.17) is 0 Å². The van der Waals surface area contributed by atoms with Crippen LogP contribution in [0.25, 0.3) is 0 Å². The summed E-state index contributed by atoms with van der Waals surface area (Å²) in [6.45, 7) is 2.19. The number of hydrogen-bond donors (Lipinski definition) is 0. The molecule has 1 aromatic heterocycles. The molecule has 2 nitrogen and oxygen atoms in total. The first-order chi connectivity index (χ1) is 5.24. The van der Waals surface area contributed by atoms with Crippen molar-refractivity contribution in [1.82, 2.24) is 10.2 Å². The fraction of sp³-hybridized carbons (Fsp3) is 0.667. The molecular weight excluding hydrogens is 291 g/mol. The lowest BCUT2D eigenvalue weighted by molar-refractivity contribution is 0.834. The van der Waals surface area contributed by atoms with Crippen LogP contribution in [0.3, 0.4) is 0 Å². The molecule has 1 unspecified atom stereocenters. The molecule has 0 aromatic carbocycles. The van der Waals surface area contributed by atoms with Crippen molar-refractivity contribution in [2.75, 3.05) is 12.0 Å². The highest BCUT2D eigenvalue weighted by molar-refractivity contribution is 14.1. The monoisotopic (exact) mass is 300 g/mol. The van der Waals surface area contributed by atoms with Gasteiger partial charge in [-0.15, -0.1) is 10.2 Å². The van der Waals surface area contributed by atoms with Gasteiger partial charge in [-0.1, -0.05) is 18.3 Å². The van der Waals surface area contributed by atoms with Crippen LogP contribution in [0.2, 0.25) is 0 Å². The second kappa shape index (κ2) is 4.61. The van der Waals surface area contributed by atoms with Gasteiger partial charge in [0.25, 0.3) is 0 Å². The number of halogens is 1. The van der Waals surface area contributed by atoms with Gasteiger partial charge in [-0.25, -0.2) is 0 Å². The quantitative estimate of drug-likeness (QED) is 0.803. The zero-order chi connectivity index (χ0) is 8.27. The molecule has 0 fully saturated rings. The minimum atomic E-state index is 0.547. The molecule has 0 saturated carbocycles. The fourth-order valence-corrected chi connectivity index (χ4v) is 2.90. The molecule has 0 saturated heterocycles. The summed E-state index contributed by atoms with van der Waals surface area (Å²) < 4.78 is 1.03. The predicted molar refractivity (Wildman–Crippen MR) is 59.4 cm³/mol. The van der Waals surface area contributed by atoms with E-state index >= 15 is 0 Å². The standard InChI is InChI=1S/C6H9IN2S2/c1-4(3-10-2)5-8-9-6(7)11-5/h4H,3H2,1-2H3. The maximum Gasteiger partial charge on any atom is 0.178 e. The highest BCUT2D eigenvalue weighted by atomic mass is 127. The minimum Gasteiger partial charge on any atom is -0.165 e. The highest BCUT2D eigenvalue weighted by Gasteiger charge is 2.09. The van der Waals surface area contributed by atoms with Gasteiger partial charge in [-0.2, -0.15) is 11.8 Å². The first kappa shape index (κ1) is 9.73. The average Bonchev–Trinajstić information content (AvgIpc) is 2.36. The Morgan fingerprint density at radius 2 is 2.36 bits per heavy atom. The molecule has 62 valence electrons. The lowest BCUT2D eigenvalue weighted by Crippen LogP contribution is -1.95. The van der Waals surface area contributed by atoms with Crippen molar-refractivity contribution in [1.29, 1.82) is 0 Å². The number of hydrogen-bond acceptors (Lipinski definition) is 4. The molecule has 0 aliphatic carbocycles. The lowest BCUT2D eigenvalue weighted by Gasteiger charge is -2.02. The Morgan fingerprint density at radius 1 is 1.64 bits per heavy atom. The molecule has 0 bridgehead atoms. The minimum absolute atomic E-state index is 0.547. The van der Waals surface area contributed by atoms with Gasteiger partial charge in [0.15, 0.2) is 3.01 Å². The van der Waals surface area contributed by atoms with Crippen molar-refractivity contribution in [3.8, 4) is 0 Å². The lowest BCUT2D eigenvalue weighted by atomic mass is 10.2. The molecule has 1 atom stereocenters. The van der Waals surface area contributed by atoms with E-state index in [0.29, 0.717) is 5.92 Å². The van der Waals surface area contributed by atoms with Crippen LogP contribution in [0.4, 0.5) is 0 Å². The molecule has 5 heteroatoms. The Kier molecular flexibility index (Phi) is 4.08. The summed E-state index contributed by atoms with van der Waals surface area (Å²) in [6.07, 6.45) is 2.11. The summed E-state index contributed by atoms with van der Waals surface area (Å²) in [6, 6.07) is 0. The maximum absolute atomic E-state index is 4.08. The topological polar surface area (TPSA) is 25.8 Å². The Hall–Kier alpha value is 0.640. The van der Waals surface area contributed by atoms with Crippen molar-refractivity contribution < 1.29 is 0 Å². The van der Waals surface area contributed by atoms with Crippen LogP contribution in [0, 0.1) is 3.01 Å². The van der Waals surface area contributed by atoms with E-state index < -0.39 is 0 Å². The van der Waals surface area contributed by atoms with Crippen LogP contribution in [-0.4, -0.2) is 22.2 Å². The molecule has 11 heavy (non-hydrogen) atoms. The molecule has 0 amide bonds. The summed E-state index contributed by atoms with van der Waals surface area (Å²) in [5.74, 6) is 1.68. The predicted octanol–water partition coefficient (Wildman–Crippen LogP) is 2.61. The fourth-order valence-electron chi connectivity index (χ4n) is 0.736. The Balaban J connectivity index is 2.60. The molecule has 0 spiro atoms. The van der Waals surface area contributed by atoms with Gasteiger partial charge in [0, 0.05) is 11.7 Å². The molecule has 1 aromatic rings.